The summed E-state index contributed by atoms with van der Waals surface area (Å²) in [5, 5.41) is 52.9. The number of thiocyanates is 1. The summed E-state index contributed by atoms with van der Waals surface area (Å²) in [6, 6.07) is 48.1. The van der Waals surface area contributed by atoms with Gasteiger partial charge in [0.25, 0.3) is 0 Å². The number of anilines is 2. The predicted octanol–water partition coefficient (Wildman–Crippen LogP) is 17.9. The van der Waals surface area contributed by atoms with Gasteiger partial charge in [0.2, 0.25) is 4.77 Å². The molecule has 28 nitrogen and oxygen atoms in total. The van der Waals surface area contributed by atoms with Crippen molar-refractivity contribution in [3.05, 3.63) is 334 Å². The summed E-state index contributed by atoms with van der Waals surface area (Å²) in [6.45, 7) is 10.2. The van der Waals surface area contributed by atoms with E-state index in [1.807, 2.05) is 69.3 Å². The van der Waals surface area contributed by atoms with Crippen molar-refractivity contribution in [3.63, 3.8) is 0 Å². The Morgan fingerprint density at radius 2 is 1.04 bits per heavy atom. The second-order valence-corrected chi connectivity index (χ2v) is 32.2. The number of carbonyl (C=O) groups is 2. The van der Waals surface area contributed by atoms with E-state index in [1.54, 1.807) is 135 Å². The number of rotatable bonds is 22. The quantitative estimate of drug-likeness (QED) is 0.00456. The first-order valence-electron chi connectivity index (χ1n) is 39.9. The lowest BCUT2D eigenvalue weighted by Gasteiger charge is -2.35. The summed E-state index contributed by atoms with van der Waals surface area (Å²) < 4.78 is 106. The molecule has 0 atom stereocenters. The number of aryl methyl sites for hydroxylation is 2. The van der Waals surface area contributed by atoms with Crippen LogP contribution in [0.25, 0.3) is 11.3 Å². The molecule has 7 aromatic carbocycles. The van der Waals surface area contributed by atoms with Crippen LogP contribution in [0.4, 0.5) is 52.0 Å². The van der Waals surface area contributed by atoms with Crippen LogP contribution in [-0.4, -0.2) is 170 Å². The number of nitrogens with two attached hydrogens (primary N) is 1. The maximum absolute atomic E-state index is 12.9. The van der Waals surface area contributed by atoms with Gasteiger partial charge >= 0.3 is 22.8 Å². The Morgan fingerprint density at radius 1 is 0.595 bits per heavy atom. The van der Waals surface area contributed by atoms with E-state index < -0.39 is 11.4 Å². The molecule has 692 valence electrons. The van der Waals surface area contributed by atoms with Gasteiger partial charge in [-0.05, 0) is 230 Å². The number of alkyl carbamates (subject to hydrolysis) is 1. The van der Waals surface area contributed by atoms with Gasteiger partial charge in [0.1, 0.15) is 57.8 Å². The lowest BCUT2D eigenvalue weighted by molar-refractivity contribution is -0.178. The van der Waals surface area contributed by atoms with Crippen LogP contribution in [0.15, 0.2) is 221 Å². The van der Waals surface area contributed by atoms with E-state index in [9.17, 15) is 49.9 Å². The summed E-state index contributed by atoms with van der Waals surface area (Å²) in [7, 11) is 11.8. The number of aromatic nitrogens is 12. The zero-order chi connectivity index (χ0) is 96.5. The number of hydrogen-bond donors (Lipinski definition) is 8. The number of nitrogens with zero attached hydrogens (tertiary/aromatic N) is 13. The summed E-state index contributed by atoms with van der Waals surface area (Å²) in [5.41, 5.74) is 16.9. The van der Waals surface area contributed by atoms with Crippen LogP contribution in [0.1, 0.15) is 102 Å². The van der Waals surface area contributed by atoms with E-state index in [0.717, 1.165) is 67.4 Å². The van der Waals surface area contributed by atoms with Gasteiger partial charge in [-0.2, -0.15) is 40.1 Å². The summed E-state index contributed by atoms with van der Waals surface area (Å²) in [5.74, 6) is -0.589. The Balaban J connectivity index is 0.000000265. The predicted molar refractivity (Wildman–Crippen MR) is 505 cm³/mol. The lowest BCUT2D eigenvalue weighted by Crippen LogP contribution is -2.46. The fourth-order valence-corrected chi connectivity index (χ4v) is 12.4. The van der Waals surface area contributed by atoms with Gasteiger partial charge in [-0.25, -0.2) is 59.9 Å². The highest BCUT2D eigenvalue weighted by Crippen LogP contribution is 2.21. The topological polar surface area (TPSA) is 379 Å². The number of ether oxygens (including phenoxy) is 3. The number of carbonyl (C=O) groups excluding carboxylic acids is 2. The molecule has 13 aromatic rings. The van der Waals surface area contributed by atoms with Crippen molar-refractivity contribution in [1.29, 1.82) is 15.8 Å². The van der Waals surface area contributed by atoms with Gasteiger partial charge in [0, 0.05) is 98.2 Å². The molecule has 0 aliphatic carbocycles. The van der Waals surface area contributed by atoms with E-state index in [2.05, 4.69) is 109 Å². The summed E-state index contributed by atoms with van der Waals surface area (Å²) >= 11 is 15.1. The molecule has 0 aliphatic heterocycles. The molecule has 40 heteroatoms. The minimum atomic E-state index is -0.625. The van der Waals surface area contributed by atoms with Crippen LogP contribution in [0, 0.1) is 78.8 Å². The Labute approximate surface area is 781 Å². The summed E-state index contributed by atoms with van der Waals surface area (Å²) in [4.78, 5) is 64.3. The normalized spacial score (nSPS) is 10.5. The first-order valence-corrected chi connectivity index (χ1v) is 43.8. The Morgan fingerprint density at radius 3 is 1.45 bits per heavy atom. The molecule has 0 saturated carbocycles. The van der Waals surface area contributed by atoms with Crippen LogP contribution in [-0.2, 0) is 59.2 Å². The molecular weight excluding hydrogens is 1840 g/mol. The Bertz CT molecular complexity index is 6010. The third-order valence-electron chi connectivity index (χ3n) is 16.9. The van der Waals surface area contributed by atoms with E-state index in [0.29, 0.717) is 97.0 Å². The number of benzene rings is 7. The third kappa shape index (κ3) is 41.9. The van der Waals surface area contributed by atoms with E-state index in [1.165, 1.54) is 111 Å². The molecule has 1 amide bonds. The number of nitrogens with one attached hydrogen (secondary N) is 7. The number of fused-ring (bicyclic) bond motifs is 2. The lowest BCUT2D eigenvalue weighted by atomic mass is 10.1. The molecule has 0 bridgehead atoms. The van der Waals surface area contributed by atoms with Crippen LogP contribution in [0.5, 0.6) is 0 Å². The van der Waals surface area contributed by atoms with Gasteiger partial charge < -0.3 is 30.2 Å². The second kappa shape index (κ2) is 57.7. The average Bonchev–Trinajstić information content (AvgIpc) is 1.66. The molecule has 0 radical (unpaired) electrons. The maximum atomic E-state index is 12.9. The number of amides is 1. The van der Waals surface area contributed by atoms with Crippen LogP contribution in [0.2, 0.25) is 0 Å². The largest absolute Gasteiger partial charge is 0.457 e. The number of aromatic amines is 5. The van der Waals surface area contributed by atoms with E-state index in [-0.39, 0.29) is 80.5 Å². The Hall–Kier alpha value is -13.1. The number of hydrogen-bond acceptors (Lipinski definition) is 23. The van der Waals surface area contributed by atoms with Crippen LogP contribution < -0.4 is 27.7 Å². The highest BCUT2D eigenvalue weighted by Gasteiger charge is 2.22. The van der Waals surface area contributed by atoms with Crippen molar-refractivity contribution < 1.29 is 54.5 Å². The van der Waals surface area contributed by atoms with Crippen molar-refractivity contribution in [2.24, 2.45) is 0 Å². The number of nitrogen functional groups attached to an aromatic ring is 1. The SMILES string of the molecule is CCOC(=O)NC(=S)Nc1[nH]ncc1Cc1ccc(F)cc1.CCOC(=O)SC#N.CN(C)/C=C(\C#N)Cc1ccc(F)cc1.CN(C)C(OC(C)(C)C)N(C)C.CSc1nc2c(Cc3ccc(F)cc3)cnn2c(=O)[nH]1.Fc1ccc(CCBr)cc1.N#CCCc1ccc(F)cc1.Nc1[nH]ncc1Cc1ccc(F)cc1.O=c1[nH]c(=S)nc2c(Cc3ccc(F)cc3)c[nH]n12. The zero-order valence-corrected chi connectivity index (χ0v) is 78.7. The number of allylic oxidation sites excluding steroid dienone is 1. The highest BCUT2D eigenvalue weighted by atomic mass is 79.9. The van der Waals surface area contributed by atoms with Crippen molar-refractivity contribution >= 4 is 103 Å². The number of thioether (sulfide) groups is 2. The molecule has 6 heterocycles. The van der Waals surface area contributed by atoms with Crippen molar-refractivity contribution in [2.75, 3.05) is 78.1 Å². The third-order valence-corrected chi connectivity index (χ3v) is 18.6. The van der Waals surface area contributed by atoms with Gasteiger partial charge in [-0.1, -0.05) is 113 Å². The molecule has 0 aliphatic rings. The fraction of sp³-hybridized carbons (Fsp3) is 0.275. The fourth-order valence-electron chi connectivity index (χ4n) is 11.0. The monoisotopic (exact) mass is 1940 g/mol. The van der Waals surface area contributed by atoms with Gasteiger partial charge in [-0.15, -0.1) is 0 Å². The van der Waals surface area contributed by atoms with Gasteiger partial charge in [0.05, 0.1) is 61.3 Å². The average molecular weight is 1940 g/mol. The molecular formula is C91H101BrF7N21O7S4. The van der Waals surface area contributed by atoms with Crippen LogP contribution >= 0.6 is 63.9 Å². The number of nitriles is 3. The first-order chi connectivity index (χ1) is 62.4. The highest BCUT2D eigenvalue weighted by molar-refractivity contribution is 9.09. The smallest absolute Gasteiger partial charge is 0.413 e. The van der Waals surface area contributed by atoms with Crippen LogP contribution in [0.3, 0.4) is 0 Å². The summed E-state index contributed by atoms with van der Waals surface area (Å²) in [6.07, 6.45) is 14.6. The van der Waals surface area contributed by atoms with Crippen molar-refractivity contribution in [3.8, 4) is 17.5 Å². The number of thiocarbonyl (C=S) groups is 1. The van der Waals surface area contributed by atoms with E-state index >= 15 is 0 Å². The standard InChI is InChI=1S/C14H15FN4O2S.C13H11FN4OS.C12H9FN4OS.C12H13FN2.C10H10FN3.C9H8FN.C9H22N2O.C8H8BrF.C4H5NO2S/c1-2-21-14(20)18-13(22)17-12-10(8-16-19-12)7-9-3-5-11(15)6-4-9;1-20-12-16-11-9(7-15-18(11)13(19)17-12)6-8-2-4-10(14)5-3-8;13-9-3-1-7(2-4-9)5-8-6-14-17-10(8)15-11(19)16-12(17)18;1-15(2)9-11(8-14)7-10-3-5-12(13)6-4-10;11-9-3-1-7(2-4-9)5-8-6-13-14-10(8)12;10-9-5-3-8(4-6-9)2-1-7-11;1-9(2,3)12-8(10(4)5)11(6)7;9-6-5-7-1-3-8(10)4-2-7;1-2-7-4(6)8-3-5/h3-6,8H,2,7H2,1H3,(H3,16,17,18,19,20,22);2-5,7H,6H2,1H3,(H,16,17,19);1-4,6,14H,5H2,(H,16,18,19);3-6,9H,7H2,1-2H3;1-4,6H,5H2,(H3,12,13,14);3-6H,1-2H2;8H,1-7H3;1-4H,5-6H2;2H2,1H3/b;;;11-9-;;;;;. The molecule has 13 rings (SSSR count). The molecule has 6 aromatic heterocycles. The molecule has 131 heavy (non-hydrogen) atoms. The zero-order valence-electron chi connectivity index (χ0n) is 73.8. The number of alkyl halides is 1. The molecule has 0 fully saturated rings. The first kappa shape index (κ1) is 108. The van der Waals surface area contributed by atoms with Gasteiger partial charge in [-0.3, -0.25) is 40.4 Å². The molecule has 0 saturated heterocycles. The minimum absolute atomic E-state index is 0.0463. The number of halogens is 8. The van der Waals surface area contributed by atoms with Gasteiger partial charge in [0.15, 0.2) is 27.9 Å². The van der Waals surface area contributed by atoms with E-state index in [4.69, 9.17) is 55.4 Å². The number of H-pyrrole nitrogens is 5. The van der Waals surface area contributed by atoms with Crippen molar-refractivity contribution in [1.82, 2.24) is 79.6 Å². The molecule has 0 spiro atoms. The molecule has 9 N–H and O–H groups in total. The minimum Gasteiger partial charge on any atom is -0.457 e. The van der Waals surface area contributed by atoms with Crippen molar-refractivity contribution in [2.45, 2.75) is 103 Å². The Kier molecular flexibility index (Phi) is 47.8. The maximum Gasteiger partial charge on any atom is 0.413 e. The molecule has 0 unspecified atom stereocenters. The second-order valence-electron chi connectivity index (χ2n) is 29.1.